The molecule has 0 spiro atoms. The number of rotatable bonds is 4. The zero-order valence-electron chi connectivity index (χ0n) is 10.5. The molecule has 0 aromatic heterocycles. The highest BCUT2D eigenvalue weighted by Crippen LogP contribution is 2.32. The van der Waals surface area contributed by atoms with Crippen LogP contribution in [0.4, 0.5) is 0 Å². The molecule has 0 radical (unpaired) electrons. The summed E-state index contributed by atoms with van der Waals surface area (Å²) in [4.78, 5) is -0.129. The van der Waals surface area contributed by atoms with E-state index in [2.05, 4.69) is 16.6 Å². The van der Waals surface area contributed by atoms with E-state index in [0.29, 0.717) is 18.0 Å². The molecule has 20 heavy (non-hydrogen) atoms. The number of sulfonamides is 1. The first-order valence-electron chi connectivity index (χ1n) is 6.02. The predicted molar refractivity (Wildman–Crippen MR) is 78.3 cm³/mol. The van der Waals surface area contributed by atoms with Crippen molar-refractivity contribution < 1.29 is 13.5 Å². The minimum Gasteiger partial charge on any atom is -0.384 e. The average Bonchev–Trinajstić information content (AvgIpc) is 3.17. The highest BCUT2D eigenvalue weighted by Gasteiger charge is 2.27. The molecular formula is C13H13Cl2NO3S. The van der Waals surface area contributed by atoms with Gasteiger partial charge in [-0.05, 0) is 30.9 Å². The zero-order chi connectivity index (χ0) is 14.8. The first-order valence-corrected chi connectivity index (χ1v) is 8.26. The maximum atomic E-state index is 12.2. The summed E-state index contributed by atoms with van der Waals surface area (Å²) in [5, 5.41) is 8.67. The Balaban J connectivity index is 2.30. The van der Waals surface area contributed by atoms with Gasteiger partial charge in [-0.3, -0.25) is 0 Å². The maximum absolute atomic E-state index is 12.2. The molecule has 1 aromatic carbocycles. The molecule has 0 unspecified atom stereocenters. The van der Waals surface area contributed by atoms with Gasteiger partial charge < -0.3 is 5.11 Å². The summed E-state index contributed by atoms with van der Waals surface area (Å²) in [6, 6.07) is 2.84. The number of nitrogens with one attached hydrogen (secondary N) is 1. The van der Waals surface area contributed by atoms with Gasteiger partial charge in [-0.25, -0.2) is 13.1 Å². The standard InChI is InChI=1S/C13H13Cl2NO3S/c14-11-6-10(2-1-5-17)7-12(15)13(11)20(18,19)16-8-9-3-4-9/h6-7,9,16-17H,3-5,8H2. The lowest BCUT2D eigenvalue weighted by molar-refractivity contribution is 0.350. The van der Waals surface area contributed by atoms with Crippen LogP contribution in [0.2, 0.25) is 10.0 Å². The Morgan fingerprint density at radius 2 is 1.90 bits per heavy atom. The molecule has 1 aliphatic carbocycles. The monoisotopic (exact) mass is 333 g/mol. The van der Waals surface area contributed by atoms with E-state index in [1.54, 1.807) is 0 Å². The molecule has 1 aromatic rings. The van der Waals surface area contributed by atoms with Crippen molar-refractivity contribution in [2.75, 3.05) is 13.2 Å². The van der Waals surface area contributed by atoms with Crippen LogP contribution >= 0.6 is 23.2 Å². The SMILES string of the molecule is O=S(=O)(NCC1CC1)c1c(Cl)cc(C#CCO)cc1Cl. The summed E-state index contributed by atoms with van der Waals surface area (Å²) in [6.07, 6.45) is 2.08. The quantitative estimate of drug-likeness (QED) is 0.828. The van der Waals surface area contributed by atoms with Gasteiger partial charge in [-0.2, -0.15) is 0 Å². The number of hydrogen-bond acceptors (Lipinski definition) is 3. The molecule has 2 N–H and O–H groups in total. The van der Waals surface area contributed by atoms with E-state index in [1.807, 2.05) is 0 Å². The molecule has 4 nitrogen and oxygen atoms in total. The Labute approximate surface area is 128 Å². The third kappa shape index (κ3) is 3.87. The lowest BCUT2D eigenvalue weighted by Gasteiger charge is -2.10. The van der Waals surface area contributed by atoms with Crippen LogP contribution in [0.5, 0.6) is 0 Å². The van der Waals surface area contributed by atoms with E-state index in [1.165, 1.54) is 12.1 Å². The summed E-state index contributed by atoms with van der Waals surface area (Å²) in [6.45, 7) is 0.110. The second-order valence-corrected chi connectivity index (χ2v) is 7.04. The van der Waals surface area contributed by atoms with Gasteiger partial charge in [0.05, 0.1) is 10.0 Å². The lowest BCUT2D eigenvalue weighted by atomic mass is 10.2. The molecule has 0 aliphatic heterocycles. The van der Waals surface area contributed by atoms with Crippen molar-refractivity contribution in [3.63, 3.8) is 0 Å². The first-order chi connectivity index (χ1) is 9.44. The Kier molecular flexibility index (Phi) is 4.95. The largest absolute Gasteiger partial charge is 0.384 e. The lowest BCUT2D eigenvalue weighted by Crippen LogP contribution is -2.26. The Bertz CT molecular complexity index is 650. The topological polar surface area (TPSA) is 66.4 Å². The highest BCUT2D eigenvalue weighted by atomic mass is 35.5. The number of benzene rings is 1. The average molecular weight is 334 g/mol. The van der Waals surface area contributed by atoms with Gasteiger partial charge in [0.25, 0.3) is 0 Å². The molecule has 1 saturated carbocycles. The molecule has 2 rings (SSSR count). The van der Waals surface area contributed by atoms with Gasteiger partial charge in [0.2, 0.25) is 10.0 Å². The number of halogens is 2. The normalized spacial score (nSPS) is 14.8. The molecule has 1 fully saturated rings. The molecule has 1 aliphatic rings. The smallest absolute Gasteiger partial charge is 0.243 e. The van der Waals surface area contributed by atoms with Crippen molar-refractivity contribution in [3.8, 4) is 11.8 Å². The number of aliphatic hydroxyl groups is 1. The maximum Gasteiger partial charge on any atom is 0.243 e. The third-order valence-electron chi connectivity index (χ3n) is 2.84. The second kappa shape index (κ2) is 6.33. The van der Waals surface area contributed by atoms with E-state index in [0.717, 1.165) is 12.8 Å². The number of hydrogen-bond donors (Lipinski definition) is 2. The van der Waals surface area contributed by atoms with Crippen LogP contribution in [0.1, 0.15) is 18.4 Å². The van der Waals surface area contributed by atoms with E-state index in [-0.39, 0.29) is 21.5 Å². The van der Waals surface area contributed by atoms with Crippen molar-refractivity contribution in [3.05, 3.63) is 27.7 Å². The Hall–Kier alpha value is -0.770. The molecule has 7 heteroatoms. The van der Waals surface area contributed by atoms with E-state index < -0.39 is 10.0 Å². The fourth-order valence-electron chi connectivity index (χ4n) is 1.65. The molecule has 0 atom stereocenters. The summed E-state index contributed by atoms with van der Waals surface area (Å²) in [7, 11) is -3.73. The van der Waals surface area contributed by atoms with E-state index >= 15 is 0 Å². The molecular weight excluding hydrogens is 321 g/mol. The van der Waals surface area contributed by atoms with Crippen molar-refractivity contribution >= 4 is 33.2 Å². The fraction of sp³-hybridized carbons (Fsp3) is 0.385. The van der Waals surface area contributed by atoms with Gasteiger partial charge in [-0.15, -0.1) is 0 Å². The summed E-state index contributed by atoms with van der Waals surface area (Å²) >= 11 is 12.0. The van der Waals surface area contributed by atoms with Crippen LogP contribution in [-0.4, -0.2) is 26.7 Å². The molecule has 0 amide bonds. The first kappa shape index (κ1) is 15.6. The van der Waals surface area contributed by atoms with E-state index in [9.17, 15) is 8.42 Å². The van der Waals surface area contributed by atoms with Crippen molar-refractivity contribution in [2.24, 2.45) is 5.92 Å². The van der Waals surface area contributed by atoms with Crippen LogP contribution in [0.25, 0.3) is 0 Å². The second-order valence-electron chi connectivity index (χ2n) is 4.52. The Morgan fingerprint density at radius 1 is 1.30 bits per heavy atom. The summed E-state index contributed by atoms with van der Waals surface area (Å²) in [5.74, 6) is 5.49. The van der Waals surface area contributed by atoms with Gasteiger partial charge in [0.1, 0.15) is 11.5 Å². The van der Waals surface area contributed by atoms with Crippen LogP contribution in [0.3, 0.4) is 0 Å². The van der Waals surface area contributed by atoms with Crippen LogP contribution < -0.4 is 4.72 Å². The minimum atomic E-state index is -3.73. The minimum absolute atomic E-state index is 0.0167. The van der Waals surface area contributed by atoms with Crippen molar-refractivity contribution in [2.45, 2.75) is 17.7 Å². The Morgan fingerprint density at radius 3 is 2.40 bits per heavy atom. The van der Waals surface area contributed by atoms with Gasteiger partial charge in [0.15, 0.2) is 0 Å². The zero-order valence-corrected chi connectivity index (χ0v) is 12.8. The van der Waals surface area contributed by atoms with Gasteiger partial charge in [0, 0.05) is 12.1 Å². The molecule has 108 valence electrons. The van der Waals surface area contributed by atoms with Crippen LogP contribution in [-0.2, 0) is 10.0 Å². The molecule has 0 heterocycles. The number of aliphatic hydroxyl groups excluding tert-OH is 1. The summed E-state index contributed by atoms with van der Waals surface area (Å²) < 4.78 is 26.9. The van der Waals surface area contributed by atoms with Crippen molar-refractivity contribution in [1.82, 2.24) is 4.72 Å². The fourth-order valence-corrected chi connectivity index (χ4v) is 3.98. The van der Waals surface area contributed by atoms with Crippen LogP contribution in [0.15, 0.2) is 17.0 Å². The van der Waals surface area contributed by atoms with E-state index in [4.69, 9.17) is 28.3 Å². The van der Waals surface area contributed by atoms with Gasteiger partial charge in [-0.1, -0.05) is 35.0 Å². The predicted octanol–water partition coefficient (Wildman–Crippen LogP) is 2.03. The highest BCUT2D eigenvalue weighted by molar-refractivity contribution is 7.89. The van der Waals surface area contributed by atoms with Crippen LogP contribution in [0, 0.1) is 17.8 Å². The summed E-state index contributed by atoms with van der Waals surface area (Å²) in [5.41, 5.74) is 0.454. The van der Waals surface area contributed by atoms with Gasteiger partial charge >= 0.3 is 0 Å². The molecule has 0 saturated heterocycles. The third-order valence-corrected chi connectivity index (χ3v) is 5.18. The van der Waals surface area contributed by atoms with Crippen molar-refractivity contribution in [1.29, 1.82) is 0 Å². The molecule has 0 bridgehead atoms.